The molecule has 114 valence electrons. The molecule has 4 nitrogen and oxygen atoms in total. The zero-order chi connectivity index (χ0) is 15.0. The predicted molar refractivity (Wildman–Crippen MR) is 83.7 cm³/mol. The van der Waals surface area contributed by atoms with Gasteiger partial charge in [-0.2, -0.15) is 0 Å². The molecule has 2 aliphatic rings. The van der Waals surface area contributed by atoms with Crippen LogP contribution in [-0.4, -0.2) is 20.5 Å². The number of hydrogen-bond acceptors (Lipinski definition) is 3. The standard InChI is InChI=1S/C18H21N3O/c22-15-12-18(13-15,14-8-4-3-5-9-14)17-20-19-16-10-6-1-2-7-11-21(16)17/h3-5,8-9H,1-2,6-7,10-13H2. The zero-order valence-corrected chi connectivity index (χ0v) is 12.8. The third kappa shape index (κ3) is 2.09. The van der Waals surface area contributed by atoms with Crippen molar-refractivity contribution in [2.24, 2.45) is 0 Å². The number of rotatable bonds is 2. The number of nitrogens with zero attached hydrogens (tertiary/aromatic N) is 3. The fraction of sp³-hybridized carbons (Fsp3) is 0.500. The van der Waals surface area contributed by atoms with Gasteiger partial charge in [-0.05, 0) is 18.4 Å². The van der Waals surface area contributed by atoms with Crippen LogP contribution in [0.5, 0.6) is 0 Å². The van der Waals surface area contributed by atoms with E-state index in [-0.39, 0.29) is 5.41 Å². The summed E-state index contributed by atoms with van der Waals surface area (Å²) in [6.45, 7) is 0.987. The Kier molecular flexibility index (Phi) is 3.32. The van der Waals surface area contributed by atoms with E-state index in [0.717, 1.165) is 24.6 Å². The Morgan fingerprint density at radius 1 is 0.955 bits per heavy atom. The zero-order valence-electron chi connectivity index (χ0n) is 12.8. The Morgan fingerprint density at radius 3 is 2.50 bits per heavy atom. The van der Waals surface area contributed by atoms with E-state index in [2.05, 4.69) is 26.9 Å². The quantitative estimate of drug-likeness (QED) is 0.855. The third-order valence-electron chi connectivity index (χ3n) is 5.11. The second-order valence-electron chi connectivity index (χ2n) is 6.60. The minimum absolute atomic E-state index is 0.247. The number of hydrogen-bond donors (Lipinski definition) is 0. The van der Waals surface area contributed by atoms with Crippen molar-refractivity contribution in [1.29, 1.82) is 0 Å². The normalized spacial score (nSPS) is 20.6. The van der Waals surface area contributed by atoms with Gasteiger partial charge in [-0.15, -0.1) is 10.2 Å². The first kappa shape index (κ1) is 13.7. The number of carbonyl (C=O) groups is 1. The topological polar surface area (TPSA) is 47.8 Å². The Hall–Kier alpha value is -1.97. The van der Waals surface area contributed by atoms with E-state index in [9.17, 15) is 4.79 Å². The molecular weight excluding hydrogens is 274 g/mol. The van der Waals surface area contributed by atoms with Crippen LogP contribution in [-0.2, 0) is 23.2 Å². The van der Waals surface area contributed by atoms with Gasteiger partial charge < -0.3 is 4.57 Å². The van der Waals surface area contributed by atoms with Gasteiger partial charge >= 0.3 is 0 Å². The van der Waals surface area contributed by atoms with Gasteiger partial charge in [0.15, 0.2) is 0 Å². The van der Waals surface area contributed by atoms with Crippen LogP contribution in [0, 0.1) is 0 Å². The summed E-state index contributed by atoms with van der Waals surface area (Å²) in [5.74, 6) is 2.44. The second-order valence-corrected chi connectivity index (χ2v) is 6.60. The molecule has 0 bridgehead atoms. The Balaban J connectivity index is 1.80. The smallest absolute Gasteiger partial charge is 0.144 e. The monoisotopic (exact) mass is 295 g/mol. The van der Waals surface area contributed by atoms with Crippen molar-refractivity contribution in [3.8, 4) is 0 Å². The highest BCUT2D eigenvalue weighted by Gasteiger charge is 2.50. The lowest BCUT2D eigenvalue weighted by Crippen LogP contribution is -2.45. The first-order valence-electron chi connectivity index (χ1n) is 8.29. The first-order valence-corrected chi connectivity index (χ1v) is 8.29. The summed E-state index contributed by atoms with van der Waals surface area (Å²) in [4.78, 5) is 11.8. The Labute approximate surface area is 130 Å². The predicted octanol–water partition coefficient (Wildman–Crippen LogP) is 3.04. The van der Waals surface area contributed by atoms with Crippen molar-refractivity contribution in [2.75, 3.05) is 0 Å². The number of aromatic nitrogens is 3. The molecule has 22 heavy (non-hydrogen) atoms. The van der Waals surface area contributed by atoms with Crippen molar-refractivity contribution in [3.63, 3.8) is 0 Å². The first-order chi connectivity index (χ1) is 10.8. The van der Waals surface area contributed by atoms with Gasteiger partial charge in [0, 0.05) is 25.8 Å². The molecule has 2 heterocycles. The molecule has 0 unspecified atom stereocenters. The minimum Gasteiger partial charge on any atom is -0.314 e. The maximum Gasteiger partial charge on any atom is 0.144 e. The maximum atomic E-state index is 11.8. The van der Waals surface area contributed by atoms with E-state index in [4.69, 9.17) is 0 Å². The van der Waals surface area contributed by atoms with Gasteiger partial charge in [0.2, 0.25) is 0 Å². The van der Waals surface area contributed by atoms with Crippen LogP contribution in [0.2, 0.25) is 0 Å². The number of carbonyl (C=O) groups excluding carboxylic acids is 1. The van der Waals surface area contributed by atoms with Crippen molar-refractivity contribution >= 4 is 5.78 Å². The Morgan fingerprint density at radius 2 is 1.73 bits per heavy atom. The van der Waals surface area contributed by atoms with E-state index < -0.39 is 0 Å². The SMILES string of the molecule is O=C1CC(c2ccccc2)(c2nnc3n2CCCCCC3)C1. The molecule has 0 N–H and O–H groups in total. The number of fused-ring (bicyclic) bond motifs is 1. The molecule has 0 saturated heterocycles. The summed E-state index contributed by atoms with van der Waals surface area (Å²) in [5.41, 5.74) is 0.954. The summed E-state index contributed by atoms with van der Waals surface area (Å²) in [5, 5.41) is 9.01. The van der Waals surface area contributed by atoms with Gasteiger partial charge in [-0.3, -0.25) is 4.79 Å². The summed E-state index contributed by atoms with van der Waals surface area (Å²) in [6.07, 6.45) is 7.06. The maximum absolute atomic E-state index is 11.8. The fourth-order valence-electron chi connectivity index (χ4n) is 3.89. The summed E-state index contributed by atoms with van der Waals surface area (Å²) in [6, 6.07) is 10.4. The Bertz CT molecular complexity index is 682. The number of benzene rings is 1. The molecule has 0 atom stereocenters. The van der Waals surface area contributed by atoms with E-state index in [0.29, 0.717) is 18.6 Å². The van der Waals surface area contributed by atoms with Gasteiger partial charge in [0.1, 0.15) is 17.4 Å². The molecule has 1 saturated carbocycles. The highest BCUT2D eigenvalue weighted by Crippen LogP contribution is 2.46. The van der Waals surface area contributed by atoms with E-state index in [1.807, 2.05) is 18.2 Å². The highest BCUT2D eigenvalue weighted by atomic mass is 16.1. The molecule has 0 amide bonds. The summed E-state index contributed by atoms with van der Waals surface area (Å²) in [7, 11) is 0. The largest absolute Gasteiger partial charge is 0.314 e. The molecule has 1 aliphatic heterocycles. The lowest BCUT2D eigenvalue weighted by atomic mass is 9.63. The average Bonchev–Trinajstić information content (AvgIpc) is 2.86. The van der Waals surface area contributed by atoms with Crippen LogP contribution in [0.1, 0.15) is 55.7 Å². The average molecular weight is 295 g/mol. The highest BCUT2D eigenvalue weighted by molar-refractivity contribution is 5.90. The van der Waals surface area contributed by atoms with E-state index in [1.54, 1.807) is 0 Å². The van der Waals surface area contributed by atoms with Crippen LogP contribution >= 0.6 is 0 Å². The van der Waals surface area contributed by atoms with Crippen molar-refractivity contribution < 1.29 is 4.79 Å². The molecule has 1 aromatic heterocycles. The van der Waals surface area contributed by atoms with Crippen LogP contribution in [0.25, 0.3) is 0 Å². The van der Waals surface area contributed by atoms with Crippen molar-refractivity contribution in [2.45, 2.75) is 56.9 Å². The molecule has 2 aromatic rings. The number of ketones is 1. The fourth-order valence-corrected chi connectivity index (χ4v) is 3.89. The van der Waals surface area contributed by atoms with Crippen LogP contribution < -0.4 is 0 Å². The molecule has 1 fully saturated rings. The van der Waals surface area contributed by atoms with Gasteiger partial charge in [-0.25, -0.2) is 0 Å². The molecule has 4 heteroatoms. The van der Waals surface area contributed by atoms with E-state index in [1.165, 1.54) is 31.2 Å². The number of aryl methyl sites for hydroxylation is 1. The lowest BCUT2D eigenvalue weighted by molar-refractivity contribution is -0.127. The van der Waals surface area contributed by atoms with Crippen LogP contribution in [0.3, 0.4) is 0 Å². The van der Waals surface area contributed by atoms with Gasteiger partial charge in [0.05, 0.1) is 5.41 Å². The van der Waals surface area contributed by atoms with Crippen LogP contribution in [0.15, 0.2) is 30.3 Å². The van der Waals surface area contributed by atoms with E-state index >= 15 is 0 Å². The minimum atomic E-state index is -0.247. The lowest BCUT2D eigenvalue weighted by Gasteiger charge is -2.40. The molecule has 0 spiro atoms. The second kappa shape index (κ2) is 5.34. The summed E-state index contributed by atoms with van der Waals surface area (Å²) < 4.78 is 2.30. The molecule has 1 aromatic carbocycles. The third-order valence-corrected chi connectivity index (χ3v) is 5.11. The van der Waals surface area contributed by atoms with Gasteiger partial charge in [0.25, 0.3) is 0 Å². The van der Waals surface area contributed by atoms with Crippen LogP contribution in [0.4, 0.5) is 0 Å². The van der Waals surface area contributed by atoms with Crippen molar-refractivity contribution in [3.05, 3.63) is 47.5 Å². The molecule has 4 rings (SSSR count). The molecule has 1 aliphatic carbocycles. The molecular formula is C18H21N3O. The summed E-state index contributed by atoms with van der Waals surface area (Å²) >= 11 is 0. The van der Waals surface area contributed by atoms with Gasteiger partial charge in [-0.1, -0.05) is 43.2 Å². The van der Waals surface area contributed by atoms with Crippen molar-refractivity contribution in [1.82, 2.24) is 14.8 Å². The molecule has 0 radical (unpaired) electrons. The number of Topliss-reactive ketones (excluding diaryl/α,β-unsaturated/α-hetero) is 1.